The van der Waals surface area contributed by atoms with Gasteiger partial charge in [-0.25, -0.2) is 0 Å². The molecule has 1 rings (SSSR count). The van der Waals surface area contributed by atoms with Crippen molar-refractivity contribution in [2.75, 3.05) is 7.11 Å². The fourth-order valence-electron chi connectivity index (χ4n) is 2.63. The van der Waals surface area contributed by atoms with Crippen LogP contribution in [0.3, 0.4) is 0 Å². The molecular weight excluding hydrogens is 248 g/mol. The van der Waals surface area contributed by atoms with Crippen molar-refractivity contribution >= 4 is 17.7 Å². The van der Waals surface area contributed by atoms with E-state index in [2.05, 4.69) is 0 Å². The molecule has 0 spiro atoms. The van der Waals surface area contributed by atoms with Crippen LogP contribution >= 0.6 is 0 Å². The molecule has 0 aromatic heterocycles. The quantitative estimate of drug-likeness (QED) is 0.573. The first-order valence-corrected chi connectivity index (χ1v) is 6.13. The van der Waals surface area contributed by atoms with Crippen LogP contribution in [0.1, 0.15) is 34.1 Å². The highest BCUT2D eigenvalue weighted by molar-refractivity contribution is 5.88. The van der Waals surface area contributed by atoms with Crippen LogP contribution in [-0.2, 0) is 23.9 Å². The largest absolute Gasteiger partial charge is 0.469 e. The third kappa shape index (κ3) is 2.69. The van der Waals surface area contributed by atoms with Crippen LogP contribution in [0.5, 0.6) is 0 Å². The van der Waals surface area contributed by atoms with Crippen molar-refractivity contribution in [2.45, 2.75) is 39.7 Å². The number of esters is 2. The maximum atomic E-state index is 11.8. The van der Waals surface area contributed by atoms with Crippen molar-refractivity contribution in [3.63, 3.8) is 0 Å². The van der Waals surface area contributed by atoms with Gasteiger partial charge in [-0.2, -0.15) is 0 Å². The number of hydrogen-bond donors (Lipinski definition) is 0. The topological polar surface area (TPSA) is 69.7 Å². The van der Waals surface area contributed by atoms with Gasteiger partial charge in [0.25, 0.3) is 0 Å². The molecule has 0 aromatic rings. The first-order valence-electron chi connectivity index (χ1n) is 6.13. The molecule has 0 aliphatic heterocycles. The van der Waals surface area contributed by atoms with Crippen molar-refractivity contribution in [2.24, 2.45) is 11.3 Å². The highest BCUT2D eigenvalue weighted by Gasteiger charge is 2.65. The van der Waals surface area contributed by atoms with Gasteiger partial charge in [-0.3, -0.25) is 14.4 Å². The first-order chi connectivity index (χ1) is 8.66. The number of ether oxygens (including phenoxy) is 2. The smallest absolute Gasteiger partial charge is 0.313 e. The van der Waals surface area contributed by atoms with Gasteiger partial charge in [-0.15, -0.1) is 0 Å². The monoisotopic (exact) mass is 268 g/mol. The molecule has 1 saturated carbocycles. The number of carbonyl (C=O) groups excluding carboxylic acids is 3. The Labute approximate surface area is 112 Å². The van der Waals surface area contributed by atoms with Crippen molar-refractivity contribution in [3.8, 4) is 0 Å². The van der Waals surface area contributed by atoms with E-state index in [1.807, 2.05) is 13.8 Å². The van der Waals surface area contributed by atoms with Crippen LogP contribution in [0.2, 0.25) is 0 Å². The van der Waals surface area contributed by atoms with Crippen LogP contribution in [0, 0.1) is 11.3 Å². The lowest BCUT2D eigenvalue weighted by molar-refractivity contribution is -0.215. The van der Waals surface area contributed by atoms with Gasteiger partial charge in [0.2, 0.25) is 0 Å². The molecule has 0 heterocycles. The lowest BCUT2D eigenvalue weighted by atomic mass is 9.51. The Bertz CT molecular complexity index is 435. The second-order valence-corrected chi connectivity index (χ2v) is 5.49. The SMILES string of the molecule is COC(=O)C1CC(C)(C)C1(/C=C/C(C)=O)OC(C)=O. The summed E-state index contributed by atoms with van der Waals surface area (Å²) in [5.74, 6) is -1.67. The van der Waals surface area contributed by atoms with Gasteiger partial charge in [-0.1, -0.05) is 13.8 Å². The summed E-state index contributed by atoms with van der Waals surface area (Å²) >= 11 is 0. The third-order valence-electron chi connectivity index (χ3n) is 3.65. The van der Waals surface area contributed by atoms with E-state index < -0.39 is 28.9 Å². The summed E-state index contributed by atoms with van der Waals surface area (Å²) in [7, 11) is 1.29. The molecule has 2 atom stereocenters. The van der Waals surface area contributed by atoms with Crippen LogP contribution in [0.4, 0.5) is 0 Å². The molecule has 0 aromatic carbocycles. The minimum atomic E-state index is -1.11. The minimum absolute atomic E-state index is 0.169. The summed E-state index contributed by atoms with van der Waals surface area (Å²) in [6.45, 7) is 6.46. The Morgan fingerprint density at radius 1 is 1.21 bits per heavy atom. The summed E-state index contributed by atoms with van der Waals surface area (Å²) in [6.07, 6.45) is 3.39. The molecular formula is C14H20O5. The summed E-state index contributed by atoms with van der Waals surface area (Å²) in [5.41, 5.74) is -1.54. The standard InChI is InChI=1S/C14H20O5/c1-9(15)6-7-14(19-10(2)16)11(12(17)18-5)8-13(14,3)4/h6-7,11H,8H2,1-5H3/b7-6+. The van der Waals surface area contributed by atoms with Gasteiger partial charge in [0.05, 0.1) is 7.11 Å². The molecule has 0 amide bonds. The Kier molecular flexibility index (Phi) is 4.18. The zero-order chi connectivity index (χ0) is 14.8. The predicted octanol–water partition coefficient (Wildman–Crippen LogP) is 1.65. The first kappa shape index (κ1) is 15.4. The average molecular weight is 268 g/mol. The molecule has 2 unspecified atom stereocenters. The Balaban J connectivity index is 3.20. The second-order valence-electron chi connectivity index (χ2n) is 5.49. The summed E-state index contributed by atoms with van der Waals surface area (Å²) < 4.78 is 10.1. The molecule has 0 N–H and O–H groups in total. The zero-order valence-electron chi connectivity index (χ0n) is 12.0. The van der Waals surface area contributed by atoms with Crippen molar-refractivity contribution in [1.82, 2.24) is 0 Å². The number of methoxy groups -OCH3 is 1. The lowest BCUT2D eigenvalue weighted by Crippen LogP contribution is -2.65. The predicted molar refractivity (Wildman–Crippen MR) is 68.2 cm³/mol. The molecule has 1 fully saturated rings. The van der Waals surface area contributed by atoms with Crippen LogP contribution in [0.15, 0.2) is 12.2 Å². The second kappa shape index (κ2) is 5.15. The number of allylic oxidation sites excluding steroid dienone is 1. The fraction of sp³-hybridized carbons (Fsp3) is 0.643. The normalized spacial score (nSPS) is 28.6. The number of ketones is 1. The number of rotatable bonds is 4. The van der Waals surface area contributed by atoms with E-state index in [0.29, 0.717) is 6.42 Å². The van der Waals surface area contributed by atoms with Gasteiger partial charge < -0.3 is 9.47 Å². The molecule has 0 bridgehead atoms. The van der Waals surface area contributed by atoms with E-state index in [0.717, 1.165) is 0 Å². The van der Waals surface area contributed by atoms with Crippen molar-refractivity contribution < 1.29 is 23.9 Å². The van der Waals surface area contributed by atoms with Gasteiger partial charge in [-0.05, 0) is 25.5 Å². The molecule has 0 saturated heterocycles. The molecule has 5 nitrogen and oxygen atoms in total. The Morgan fingerprint density at radius 3 is 2.16 bits per heavy atom. The van der Waals surface area contributed by atoms with E-state index in [-0.39, 0.29) is 5.78 Å². The minimum Gasteiger partial charge on any atom is -0.469 e. The fourth-order valence-corrected chi connectivity index (χ4v) is 2.63. The van der Waals surface area contributed by atoms with Crippen LogP contribution in [0.25, 0.3) is 0 Å². The van der Waals surface area contributed by atoms with Crippen molar-refractivity contribution in [1.29, 1.82) is 0 Å². The summed E-state index contributed by atoms with van der Waals surface area (Å²) in [6, 6.07) is 0. The van der Waals surface area contributed by atoms with Crippen LogP contribution < -0.4 is 0 Å². The molecule has 0 radical (unpaired) electrons. The maximum Gasteiger partial charge on any atom is 0.313 e. The van der Waals surface area contributed by atoms with E-state index in [4.69, 9.17) is 9.47 Å². The van der Waals surface area contributed by atoms with E-state index in [9.17, 15) is 14.4 Å². The van der Waals surface area contributed by atoms with Gasteiger partial charge >= 0.3 is 11.9 Å². The highest BCUT2D eigenvalue weighted by Crippen LogP contribution is 2.57. The van der Waals surface area contributed by atoms with Crippen LogP contribution in [-0.4, -0.2) is 30.4 Å². The molecule has 106 valence electrons. The summed E-state index contributed by atoms with van der Waals surface area (Å²) in [4.78, 5) is 34.3. The maximum absolute atomic E-state index is 11.8. The van der Waals surface area contributed by atoms with E-state index >= 15 is 0 Å². The van der Waals surface area contributed by atoms with E-state index in [1.54, 1.807) is 0 Å². The third-order valence-corrected chi connectivity index (χ3v) is 3.65. The van der Waals surface area contributed by atoms with Gasteiger partial charge in [0.15, 0.2) is 5.78 Å². The molecule has 1 aliphatic carbocycles. The molecule has 19 heavy (non-hydrogen) atoms. The highest BCUT2D eigenvalue weighted by atomic mass is 16.6. The number of hydrogen-bond acceptors (Lipinski definition) is 5. The summed E-state index contributed by atoms with van der Waals surface area (Å²) in [5, 5.41) is 0. The number of carbonyl (C=O) groups is 3. The van der Waals surface area contributed by atoms with Crippen molar-refractivity contribution in [3.05, 3.63) is 12.2 Å². The molecule has 5 heteroatoms. The van der Waals surface area contributed by atoms with E-state index in [1.165, 1.54) is 33.1 Å². The van der Waals surface area contributed by atoms with Gasteiger partial charge in [0, 0.05) is 12.3 Å². The lowest BCUT2D eigenvalue weighted by Gasteiger charge is -2.57. The Morgan fingerprint density at radius 2 is 1.79 bits per heavy atom. The zero-order valence-corrected chi connectivity index (χ0v) is 12.0. The molecule has 1 aliphatic rings. The Hall–Kier alpha value is -1.65. The average Bonchev–Trinajstić information content (AvgIpc) is 2.29. The van der Waals surface area contributed by atoms with Gasteiger partial charge in [0.1, 0.15) is 11.5 Å².